The number of amides is 2. The van der Waals surface area contributed by atoms with Crippen molar-refractivity contribution < 1.29 is 9.53 Å². The van der Waals surface area contributed by atoms with Gasteiger partial charge in [0.1, 0.15) is 11.9 Å². The zero-order chi connectivity index (χ0) is 19.1. The quantitative estimate of drug-likeness (QED) is 0.821. The zero-order valence-corrected chi connectivity index (χ0v) is 16.0. The summed E-state index contributed by atoms with van der Waals surface area (Å²) >= 11 is 0. The van der Waals surface area contributed by atoms with Crippen LogP contribution in [0, 0.1) is 0 Å². The Morgan fingerprint density at radius 3 is 2.67 bits per heavy atom. The van der Waals surface area contributed by atoms with E-state index < -0.39 is 0 Å². The lowest BCUT2D eigenvalue weighted by Crippen LogP contribution is -2.37. The second-order valence-corrected chi connectivity index (χ2v) is 7.21. The highest BCUT2D eigenvalue weighted by molar-refractivity contribution is 5.89. The molecule has 1 aromatic heterocycles. The SMILES string of the molecule is CC(Cc1cccnc1)NC(=O)Nc1ccc(OC2CCN(C)CC2)cc1. The standard InChI is InChI=1S/C21H28N4O2/c1-16(14-17-4-3-11-22-15-17)23-21(26)24-18-5-7-19(8-6-18)27-20-9-12-25(2)13-10-20/h3-8,11,15-16,20H,9-10,12-14H2,1-2H3,(H2,23,24,26). The summed E-state index contributed by atoms with van der Waals surface area (Å²) in [7, 11) is 2.14. The van der Waals surface area contributed by atoms with Gasteiger partial charge in [-0.05, 0) is 69.1 Å². The number of urea groups is 1. The molecule has 3 rings (SSSR count). The number of nitrogens with one attached hydrogen (secondary N) is 2. The molecule has 1 aromatic carbocycles. The van der Waals surface area contributed by atoms with E-state index in [0.717, 1.165) is 49.4 Å². The summed E-state index contributed by atoms with van der Waals surface area (Å²) < 4.78 is 6.03. The van der Waals surface area contributed by atoms with E-state index in [0.29, 0.717) is 0 Å². The van der Waals surface area contributed by atoms with Gasteiger partial charge in [0.2, 0.25) is 0 Å². The van der Waals surface area contributed by atoms with Gasteiger partial charge in [-0.1, -0.05) is 6.07 Å². The highest BCUT2D eigenvalue weighted by atomic mass is 16.5. The number of piperidine rings is 1. The molecule has 1 fully saturated rings. The molecular formula is C21H28N4O2. The van der Waals surface area contributed by atoms with E-state index in [1.807, 2.05) is 49.5 Å². The zero-order valence-electron chi connectivity index (χ0n) is 16.0. The first-order valence-electron chi connectivity index (χ1n) is 9.50. The molecule has 2 heterocycles. The maximum absolute atomic E-state index is 12.2. The van der Waals surface area contributed by atoms with Gasteiger partial charge in [0.25, 0.3) is 0 Å². The van der Waals surface area contributed by atoms with Crippen LogP contribution >= 0.6 is 0 Å². The van der Waals surface area contributed by atoms with Gasteiger partial charge in [0.15, 0.2) is 0 Å². The minimum Gasteiger partial charge on any atom is -0.490 e. The molecule has 0 aliphatic carbocycles. The lowest BCUT2D eigenvalue weighted by atomic mass is 10.1. The van der Waals surface area contributed by atoms with E-state index in [-0.39, 0.29) is 18.2 Å². The number of carbonyl (C=O) groups excluding carboxylic acids is 1. The van der Waals surface area contributed by atoms with Crippen molar-refractivity contribution in [2.24, 2.45) is 0 Å². The molecule has 144 valence electrons. The molecule has 27 heavy (non-hydrogen) atoms. The average molecular weight is 368 g/mol. The van der Waals surface area contributed by atoms with Crippen LogP contribution in [0.1, 0.15) is 25.3 Å². The molecule has 2 amide bonds. The Bertz CT molecular complexity index is 713. The Morgan fingerprint density at radius 1 is 1.26 bits per heavy atom. The largest absolute Gasteiger partial charge is 0.490 e. The molecule has 6 nitrogen and oxygen atoms in total. The first-order chi connectivity index (χ1) is 13.1. The van der Waals surface area contributed by atoms with Crippen LogP contribution in [0.5, 0.6) is 5.75 Å². The smallest absolute Gasteiger partial charge is 0.319 e. The summed E-state index contributed by atoms with van der Waals surface area (Å²) in [5.74, 6) is 0.848. The van der Waals surface area contributed by atoms with Crippen molar-refractivity contribution in [1.82, 2.24) is 15.2 Å². The normalized spacial score (nSPS) is 16.5. The summed E-state index contributed by atoms with van der Waals surface area (Å²) in [6.07, 6.45) is 6.68. The molecular weight excluding hydrogens is 340 g/mol. The van der Waals surface area contributed by atoms with Gasteiger partial charge < -0.3 is 20.3 Å². The third-order valence-corrected chi connectivity index (χ3v) is 4.72. The monoisotopic (exact) mass is 368 g/mol. The number of nitrogens with zero attached hydrogens (tertiary/aromatic N) is 2. The summed E-state index contributed by atoms with van der Waals surface area (Å²) in [4.78, 5) is 18.6. The van der Waals surface area contributed by atoms with E-state index in [1.165, 1.54) is 0 Å². The number of hydrogen-bond acceptors (Lipinski definition) is 4. The van der Waals surface area contributed by atoms with Crippen LogP contribution < -0.4 is 15.4 Å². The van der Waals surface area contributed by atoms with Crippen molar-refractivity contribution in [3.8, 4) is 5.75 Å². The van der Waals surface area contributed by atoms with Crippen molar-refractivity contribution in [1.29, 1.82) is 0 Å². The van der Waals surface area contributed by atoms with Gasteiger partial charge in [-0.25, -0.2) is 4.79 Å². The van der Waals surface area contributed by atoms with Crippen LogP contribution in [-0.2, 0) is 6.42 Å². The van der Waals surface area contributed by atoms with Crippen LogP contribution in [0.2, 0.25) is 0 Å². The molecule has 0 bridgehead atoms. The van der Waals surface area contributed by atoms with Crippen molar-refractivity contribution in [2.45, 2.75) is 38.3 Å². The molecule has 0 radical (unpaired) electrons. The number of ether oxygens (including phenoxy) is 1. The molecule has 1 unspecified atom stereocenters. The topological polar surface area (TPSA) is 66.5 Å². The van der Waals surface area contributed by atoms with Gasteiger partial charge >= 0.3 is 6.03 Å². The minimum absolute atomic E-state index is 0.0150. The lowest BCUT2D eigenvalue weighted by molar-refractivity contribution is 0.114. The van der Waals surface area contributed by atoms with E-state index in [9.17, 15) is 4.79 Å². The Hall–Kier alpha value is -2.60. The molecule has 2 N–H and O–H groups in total. The molecule has 2 aromatic rings. The van der Waals surface area contributed by atoms with E-state index in [4.69, 9.17) is 4.74 Å². The Morgan fingerprint density at radius 2 is 2.00 bits per heavy atom. The predicted molar refractivity (Wildman–Crippen MR) is 107 cm³/mol. The third kappa shape index (κ3) is 6.25. The fraction of sp³-hybridized carbons (Fsp3) is 0.429. The summed E-state index contributed by atoms with van der Waals surface area (Å²) in [6.45, 7) is 4.12. The number of rotatable bonds is 6. The molecule has 1 atom stereocenters. The fourth-order valence-electron chi connectivity index (χ4n) is 3.23. The van der Waals surface area contributed by atoms with Gasteiger partial charge in [-0.2, -0.15) is 0 Å². The number of pyridine rings is 1. The molecule has 6 heteroatoms. The predicted octanol–water partition coefficient (Wildman–Crippen LogP) is 3.31. The summed E-state index contributed by atoms with van der Waals surface area (Å²) in [5, 5.41) is 5.81. The van der Waals surface area contributed by atoms with Crippen LogP contribution in [0.15, 0.2) is 48.8 Å². The summed E-state index contributed by atoms with van der Waals surface area (Å²) in [6, 6.07) is 11.3. The number of carbonyl (C=O) groups is 1. The molecule has 1 aliphatic rings. The van der Waals surface area contributed by atoms with Crippen molar-refractivity contribution in [3.63, 3.8) is 0 Å². The number of benzene rings is 1. The van der Waals surface area contributed by atoms with Crippen LogP contribution in [-0.4, -0.2) is 48.2 Å². The van der Waals surface area contributed by atoms with Crippen LogP contribution in [0.4, 0.5) is 10.5 Å². The number of anilines is 1. The number of likely N-dealkylation sites (tertiary alicyclic amines) is 1. The molecule has 1 aliphatic heterocycles. The van der Waals surface area contributed by atoms with Gasteiger partial charge in [0.05, 0.1) is 0 Å². The van der Waals surface area contributed by atoms with Crippen molar-refractivity contribution >= 4 is 11.7 Å². The maximum atomic E-state index is 12.2. The highest BCUT2D eigenvalue weighted by Crippen LogP contribution is 2.20. The Kier molecular flexibility index (Phi) is 6.65. The minimum atomic E-state index is -0.213. The van der Waals surface area contributed by atoms with Crippen molar-refractivity contribution in [3.05, 3.63) is 54.4 Å². The number of aromatic nitrogens is 1. The fourth-order valence-corrected chi connectivity index (χ4v) is 3.23. The third-order valence-electron chi connectivity index (χ3n) is 4.72. The Balaban J connectivity index is 1.44. The van der Waals surface area contributed by atoms with E-state index >= 15 is 0 Å². The van der Waals surface area contributed by atoms with Gasteiger partial charge in [-0.3, -0.25) is 4.98 Å². The molecule has 1 saturated heterocycles. The van der Waals surface area contributed by atoms with Gasteiger partial charge in [-0.15, -0.1) is 0 Å². The highest BCUT2D eigenvalue weighted by Gasteiger charge is 2.18. The van der Waals surface area contributed by atoms with Crippen molar-refractivity contribution in [2.75, 3.05) is 25.5 Å². The molecule has 0 spiro atoms. The number of hydrogen-bond donors (Lipinski definition) is 2. The average Bonchev–Trinajstić information content (AvgIpc) is 2.66. The van der Waals surface area contributed by atoms with E-state index in [1.54, 1.807) is 6.20 Å². The maximum Gasteiger partial charge on any atom is 0.319 e. The van der Waals surface area contributed by atoms with E-state index in [2.05, 4.69) is 27.6 Å². The first kappa shape index (κ1) is 19.2. The van der Waals surface area contributed by atoms with Gasteiger partial charge in [0, 0.05) is 37.2 Å². The van der Waals surface area contributed by atoms with Crippen LogP contribution in [0.3, 0.4) is 0 Å². The summed E-state index contributed by atoms with van der Waals surface area (Å²) in [5.41, 5.74) is 1.84. The first-order valence-corrected chi connectivity index (χ1v) is 9.50. The second-order valence-electron chi connectivity index (χ2n) is 7.21. The second kappa shape index (κ2) is 9.37. The van der Waals surface area contributed by atoms with Crippen LogP contribution in [0.25, 0.3) is 0 Å². The molecule has 0 saturated carbocycles. The lowest BCUT2D eigenvalue weighted by Gasteiger charge is -2.29. The Labute approximate surface area is 160 Å².